The Hall–Kier alpha value is -1.34. The predicted molar refractivity (Wildman–Crippen MR) is 107 cm³/mol. The van der Waals surface area contributed by atoms with Gasteiger partial charge in [-0.2, -0.15) is 5.10 Å². The summed E-state index contributed by atoms with van der Waals surface area (Å²) in [7, 11) is -0.485. The van der Waals surface area contributed by atoms with E-state index < -0.39 is 18.3 Å². The molecule has 1 atom stereocenters. The summed E-state index contributed by atoms with van der Waals surface area (Å²) in [6, 6.07) is 7.72. The SMILES string of the molecule is CC1(C)OB(c2cn(C3CCCCO3)nc2-c2cccc(Cl)c2)OC1(C)C. The zero-order valence-corrected chi connectivity index (χ0v) is 17.1. The summed E-state index contributed by atoms with van der Waals surface area (Å²) >= 11 is 6.23. The van der Waals surface area contributed by atoms with Crippen molar-refractivity contribution in [2.45, 2.75) is 64.4 Å². The Bertz CT molecular complexity index is 814. The molecule has 1 aromatic heterocycles. The van der Waals surface area contributed by atoms with Gasteiger partial charge in [0.25, 0.3) is 0 Å². The molecule has 27 heavy (non-hydrogen) atoms. The first-order valence-electron chi connectivity index (χ1n) is 9.59. The second kappa shape index (κ2) is 6.92. The number of aromatic nitrogens is 2. The average molecular weight is 389 g/mol. The maximum Gasteiger partial charge on any atom is 0.498 e. The highest BCUT2D eigenvalue weighted by Crippen LogP contribution is 2.37. The molecule has 1 aromatic carbocycles. The van der Waals surface area contributed by atoms with Crippen LogP contribution in [0.5, 0.6) is 0 Å². The van der Waals surface area contributed by atoms with Gasteiger partial charge in [-0.3, -0.25) is 0 Å². The molecule has 3 heterocycles. The molecular formula is C20H26BClN2O3. The zero-order valence-electron chi connectivity index (χ0n) is 16.4. The number of hydrogen-bond acceptors (Lipinski definition) is 4. The van der Waals surface area contributed by atoms with Gasteiger partial charge in [0.1, 0.15) is 6.23 Å². The monoisotopic (exact) mass is 388 g/mol. The van der Waals surface area contributed by atoms with Crippen LogP contribution in [0.15, 0.2) is 30.5 Å². The molecule has 0 aliphatic carbocycles. The van der Waals surface area contributed by atoms with E-state index in [-0.39, 0.29) is 6.23 Å². The molecule has 2 saturated heterocycles. The standard InChI is InChI=1S/C20H26BClN2O3/c1-19(2)20(3,4)27-21(26-19)16-13-24(17-10-5-6-11-25-17)23-18(16)14-8-7-9-15(22)12-14/h7-9,12-13,17H,5-6,10-11H2,1-4H3. The molecular weight excluding hydrogens is 362 g/mol. The lowest BCUT2D eigenvalue weighted by atomic mass is 9.78. The van der Waals surface area contributed by atoms with E-state index in [2.05, 4.69) is 27.7 Å². The molecule has 1 unspecified atom stereocenters. The van der Waals surface area contributed by atoms with E-state index in [0.29, 0.717) is 5.02 Å². The average Bonchev–Trinajstić information content (AvgIpc) is 3.15. The lowest BCUT2D eigenvalue weighted by Gasteiger charge is -2.32. The van der Waals surface area contributed by atoms with E-state index in [1.165, 1.54) is 0 Å². The van der Waals surface area contributed by atoms with Crippen LogP contribution in [-0.2, 0) is 14.0 Å². The van der Waals surface area contributed by atoms with Gasteiger partial charge in [-0.1, -0.05) is 23.7 Å². The first kappa shape index (κ1) is 19.0. The van der Waals surface area contributed by atoms with Gasteiger partial charge in [0.2, 0.25) is 0 Å². The van der Waals surface area contributed by atoms with Crippen LogP contribution in [0.4, 0.5) is 0 Å². The van der Waals surface area contributed by atoms with Crippen molar-refractivity contribution in [3.8, 4) is 11.3 Å². The van der Waals surface area contributed by atoms with Gasteiger partial charge in [0.05, 0.1) is 16.9 Å². The van der Waals surface area contributed by atoms with E-state index in [9.17, 15) is 0 Å². The maximum atomic E-state index is 6.29. The fourth-order valence-electron chi connectivity index (χ4n) is 3.49. The molecule has 5 nitrogen and oxygen atoms in total. The van der Waals surface area contributed by atoms with Gasteiger partial charge in [-0.25, -0.2) is 4.68 Å². The van der Waals surface area contributed by atoms with E-state index in [1.54, 1.807) is 0 Å². The van der Waals surface area contributed by atoms with Crippen molar-refractivity contribution in [1.29, 1.82) is 0 Å². The first-order chi connectivity index (χ1) is 12.8. The number of ether oxygens (including phenoxy) is 1. The highest BCUT2D eigenvalue weighted by molar-refractivity contribution is 6.63. The van der Waals surface area contributed by atoms with Crippen LogP contribution in [0.3, 0.4) is 0 Å². The molecule has 0 bridgehead atoms. The molecule has 2 fully saturated rings. The van der Waals surface area contributed by atoms with Crippen molar-refractivity contribution >= 4 is 24.2 Å². The summed E-state index contributed by atoms with van der Waals surface area (Å²) in [5.41, 5.74) is 1.86. The van der Waals surface area contributed by atoms with Crippen molar-refractivity contribution in [3.05, 3.63) is 35.5 Å². The fourth-order valence-corrected chi connectivity index (χ4v) is 3.68. The molecule has 2 aromatic rings. The van der Waals surface area contributed by atoms with Crippen LogP contribution in [0, 0.1) is 0 Å². The molecule has 0 amide bonds. The molecule has 0 N–H and O–H groups in total. The topological polar surface area (TPSA) is 45.5 Å². The summed E-state index contributed by atoms with van der Waals surface area (Å²) in [6.45, 7) is 8.99. The third-order valence-electron chi connectivity index (χ3n) is 5.82. The Kier molecular flexibility index (Phi) is 4.87. The molecule has 0 spiro atoms. The van der Waals surface area contributed by atoms with Crippen molar-refractivity contribution in [3.63, 3.8) is 0 Å². The van der Waals surface area contributed by atoms with Crippen molar-refractivity contribution < 1.29 is 14.0 Å². The molecule has 2 aliphatic rings. The second-order valence-corrected chi connectivity index (χ2v) is 8.77. The van der Waals surface area contributed by atoms with Crippen LogP contribution in [0.2, 0.25) is 5.02 Å². The number of nitrogens with zero attached hydrogens (tertiary/aromatic N) is 2. The van der Waals surface area contributed by atoms with Gasteiger partial charge in [0.15, 0.2) is 0 Å². The van der Waals surface area contributed by atoms with Crippen molar-refractivity contribution in [2.24, 2.45) is 0 Å². The van der Waals surface area contributed by atoms with Crippen LogP contribution >= 0.6 is 11.6 Å². The van der Waals surface area contributed by atoms with E-state index in [1.807, 2.05) is 35.1 Å². The number of rotatable bonds is 3. The first-order valence-corrected chi connectivity index (χ1v) is 9.97. The second-order valence-electron chi connectivity index (χ2n) is 8.33. The molecule has 4 rings (SSSR count). The summed E-state index contributed by atoms with van der Waals surface area (Å²) in [5.74, 6) is 0. The van der Waals surface area contributed by atoms with Crippen LogP contribution in [-0.4, -0.2) is 34.7 Å². The number of halogens is 1. The molecule has 2 aliphatic heterocycles. The van der Waals surface area contributed by atoms with Gasteiger partial charge in [0, 0.05) is 28.9 Å². The Labute approximate surface area is 166 Å². The zero-order chi connectivity index (χ0) is 19.2. The largest absolute Gasteiger partial charge is 0.498 e. The van der Waals surface area contributed by atoms with E-state index in [4.69, 9.17) is 30.7 Å². The van der Waals surface area contributed by atoms with Crippen LogP contribution in [0.25, 0.3) is 11.3 Å². The minimum Gasteiger partial charge on any atom is -0.399 e. The van der Waals surface area contributed by atoms with Gasteiger partial charge in [-0.15, -0.1) is 0 Å². The molecule has 7 heteroatoms. The summed E-state index contributed by atoms with van der Waals surface area (Å²) in [4.78, 5) is 0. The Morgan fingerprint density at radius 1 is 1.15 bits per heavy atom. The molecule has 0 saturated carbocycles. The third-order valence-corrected chi connectivity index (χ3v) is 6.05. The third kappa shape index (κ3) is 3.56. The maximum absolute atomic E-state index is 6.29. The van der Waals surface area contributed by atoms with Crippen molar-refractivity contribution in [1.82, 2.24) is 9.78 Å². The molecule has 0 radical (unpaired) electrons. The normalized spacial score (nSPS) is 24.3. The Morgan fingerprint density at radius 3 is 2.52 bits per heavy atom. The summed E-state index contributed by atoms with van der Waals surface area (Å²) in [5, 5.41) is 5.54. The van der Waals surface area contributed by atoms with Gasteiger partial charge < -0.3 is 14.0 Å². The predicted octanol–water partition coefficient (Wildman–Crippen LogP) is 4.20. The fraction of sp³-hybridized carbons (Fsp3) is 0.550. The van der Waals surface area contributed by atoms with Crippen molar-refractivity contribution in [2.75, 3.05) is 6.61 Å². The highest BCUT2D eigenvalue weighted by Gasteiger charge is 2.53. The minimum atomic E-state index is -0.485. The summed E-state index contributed by atoms with van der Waals surface area (Å²) in [6.07, 6.45) is 5.16. The Balaban J connectivity index is 1.76. The molecule has 144 valence electrons. The van der Waals surface area contributed by atoms with Gasteiger partial charge in [-0.05, 0) is 59.1 Å². The van der Waals surface area contributed by atoms with Gasteiger partial charge >= 0.3 is 7.12 Å². The van der Waals surface area contributed by atoms with Crippen LogP contribution < -0.4 is 5.46 Å². The van der Waals surface area contributed by atoms with E-state index >= 15 is 0 Å². The lowest BCUT2D eigenvalue weighted by Crippen LogP contribution is -2.41. The quantitative estimate of drug-likeness (QED) is 0.739. The van der Waals surface area contributed by atoms with Crippen LogP contribution in [0.1, 0.15) is 53.2 Å². The number of benzene rings is 1. The lowest BCUT2D eigenvalue weighted by molar-refractivity contribution is -0.0393. The Morgan fingerprint density at radius 2 is 1.89 bits per heavy atom. The smallest absolute Gasteiger partial charge is 0.399 e. The minimum absolute atomic E-state index is 0.0483. The highest BCUT2D eigenvalue weighted by atomic mass is 35.5. The summed E-state index contributed by atoms with van der Waals surface area (Å²) < 4.78 is 20.4. The van der Waals surface area contributed by atoms with E-state index in [0.717, 1.165) is 42.6 Å². The number of hydrogen-bond donors (Lipinski definition) is 0.